The molecule has 2 nitrogen and oxygen atoms in total. The Balaban J connectivity index is 2.65. The highest BCUT2D eigenvalue weighted by molar-refractivity contribution is 9.10. The van der Waals surface area contributed by atoms with Gasteiger partial charge in [-0.1, -0.05) is 34.1 Å². The monoisotopic (exact) mass is 252 g/mol. The molecule has 1 aromatic carbocycles. The number of benzene rings is 1. The quantitative estimate of drug-likeness (QED) is 0.793. The summed E-state index contributed by atoms with van der Waals surface area (Å²) in [5.74, 6) is 0. The van der Waals surface area contributed by atoms with Crippen LogP contribution in [0.4, 0.5) is 0 Å². The minimum Gasteiger partial charge on any atom is -0.388 e. The van der Waals surface area contributed by atoms with Crippen molar-refractivity contribution in [3.8, 4) is 0 Å². The van der Waals surface area contributed by atoms with Crippen LogP contribution in [0.25, 0.3) is 0 Å². The molecule has 14 heavy (non-hydrogen) atoms. The molecule has 0 saturated carbocycles. The summed E-state index contributed by atoms with van der Waals surface area (Å²) in [4.78, 5) is 0. The molecule has 0 aliphatic heterocycles. The van der Waals surface area contributed by atoms with Gasteiger partial charge < -0.3 is 10.5 Å². The van der Waals surface area contributed by atoms with Crippen LogP contribution in [0.1, 0.15) is 31.4 Å². The first kappa shape index (κ1) is 11.4. The minimum atomic E-state index is -0.481. The summed E-state index contributed by atoms with van der Waals surface area (Å²) in [6, 6.07) is 7.63. The first-order valence-electron chi connectivity index (χ1n) is 4.58. The number of halogens is 1. The molecule has 0 fully saturated rings. The lowest BCUT2D eigenvalue weighted by Crippen LogP contribution is -2.01. The average Bonchev–Trinajstić information content (AvgIpc) is 2.15. The molecule has 0 spiro atoms. The molecule has 0 radical (unpaired) electrons. The molecule has 0 aliphatic carbocycles. The van der Waals surface area contributed by atoms with E-state index in [4.69, 9.17) is 5.41 Å². The van der Waals surface area contributed by atoms with Crippen LogP contribution in [-0.4, -0.2) is 10.8 Å². The first-order valence-corrected chi connectivity index (χ1v) is 5.37. The molecule has 0 bridgehead atoms. The summed E-state index contributed by atoms with van der Waals surface area (Å²) in [7, 11) is 0. The third kappa shape index (κ3) is 3.24. The Labute approximate surface area is 92.6 Å². The van der Waals surface area contributed by atoms with Crippen LogP contribution in [0.15, 0.2) is 28.7 Å². The van der Waals surface area contributed by atoms with Crippen LogP contribution in [-0.2, 0) is 0 Å². The third-order valence-electron chi connectivity index (χ3n) is 2.06. The Bertz CT molecular complexity index is 325. The summed E-state index contributed by atoms with van der Waals surface area (Å²) >= 11 is 3.39. The molecule has 0 saturated heterocycles. The Hall–Kier alpha value is -0.670. The molecule has 76 valence electrons. The fourth-order valence-corrected chi connectivity index (χ4v) is 1.80. The van der Waals surface area contributed by atoms with E-state index in [1.165, 1.54) is 0 Å². The van der Waals surface area contributed by atoms with Gasteiger partial charge in [-0.25, -0.2) is 0 Å². The van der Waals surface area contributed by atoms with Crippen molar-refractivity contribution in [2.75, 3.05) is 0 Å². The predicted molar refractivity (Wildman–Crippen MR) is 61.7 cm³/mol. The summed E-state index contributed by atoms with van der Waals surface area (Å²) in [6.45, 7) is 1.76. The number of rotatable bonds is 4. The maximum Gasteiger partial charge on any atom is 0.0804 e. The van der Waals surface area contributed by atoms with Crippen LogP contribution in [0, 0.1) is 5.41 Å². The van der Waals surface area contributed by atoms with Crippen molar-refractivity contribution >= 4 is 21.6 Å². The molecule has 0 unspecified atom stereocenters. The lowest BCUT2D eigenvalue weighted by atomic mass is 10.0. The number of hydrogen-bond acceptors (Lipinski definition) is 2. The van der Waals surface area contributed by atoms with Gasteiger partial charge in [-0.05, 0) is 31.4 Å². The lowest BCUT2D eigenvalue weighted by Gasteiger charge is -2.11. The van der Waals surface area contributed by atoms with Crippen LogP contribution >= 0.6 is 15.9 Å². The van der Waals surface area contributed by atoms with Gasteiger partial charge in [-0.15, -0.1) is 0 Å². The normalized spacial score (nSPS) is 12.5. The molecule has 1 rings (SSSR count). The second-order valence-corrected chi connectivity index (χ2v) is 4.21. The van der Waals surface area contributed by atoms with E-state index in [2.05, 4.69) is 15.9 Å². The van der Waals surface area contributed by atoms with Crippen LogP contribution < -0.4 is 0 Å². The molecule has 0 amide bonds. The smallest absolute Gasteiger partial charge is 0.0804 e. The second-order valence-electron chi connectivity index (χ2n) is 3.36. The van der Waals surface area contributed by atoms with Crippen molar-refractivity contribution in [3.05, 3.63) is 34.3 Å². The van der Waals surface area contributed by atoms with Crippen LogP contribution in [0.3, 0.4) is 0 Å². The first-order chi connectivity index (χ1) is 6.61. The second kappa shape index (κ2) is 5.27. The fraction of sp³-hybridized carbons (Fsp3) is 0.364. The number of nitrogens with one attached hydrogen (secondary N) is 1. The zero-order chi connectivity index (χ0) is 10.6. The summed E-state index contributed by atoms with van der Waals surface area (Å²) in [6.07, 6.45) is 0.770. The van der Waals surface area contributed by atoms with E-state index < -0.39 is 6.10 Å². The Kier molecular flexibility index (Phi) is 4.29. The van der Waals surface area contributed by atoms with Crippen molar-refractivity contribution in [1.29, 1.82) is 5.41 Å². The zero-order valence-corrected chi connectivity index (χ0v) is 9.71. The molecule has 1 aromatic rings. The third-order valence-corrected chi connectivity index (χ3v) is 2.78. The molecule has 1 atom stereocenters. The molecular formula is C11H14BrNO. The van der Waals surface area contributed by atoms with E-state index in [9.17, 15) is 5.11 Å². The largest absolute Gasteiger partial charge is 0.388 e. The van der Waals surface area contributed by atoms with Gasteiger partial charge in [0.15, 0.2) is 0 Å². The van der Waals surface area contributed by atoms with Gasteiger partial charge in [-0.3, -0.25) is 0 Å². The molecule has 0 aliphatic rings. The van der Waals surface area contributed by atoms with Gasteiger partial charge in [-0.2, -0.15) is 0 Å². The summed E-state index contributed by atoms with van der Waals surface area (Å²) < 4.78 is 0.926. The van der Waals surface area contributed by atoms with E-state index in [1.54, 1.807) is 6.92 Å². The van der Waals surface area contributed by atoms with Crippen molar-refractivity contribution in [1.82, 2.24) is 0 Å². The minimum absolute atomic E-state index is 0.481. The van der Waals surface area contributed by atoms with Crippen LogP contribution in [0.2, 0.25) is 0 Å². The zero-order valence-electron chi connectivity index (χ0n) is 8.13. The maximum absolute atomic E-state index is 9.82. The highest BCUT2D eigenvalue weighted by atomic mass is 75.9. The highest BCUT2D eigenvalue weighted by Gasteiger charge is 2.10. The summed E-state index contributed by atoms with van der Waals surface area (Å²) in [5.41, 5.74) is 1.50. The van der Waals surface area contributed by atoms with Crippen molar-refractivity contribution in [3.63, 3.8) is 0 Å². The molecule has 0 heterocycles. The number of hydrogen-bond donors (Lipinski definition) is 2. The Morgan fingerprint density at radius 3 is 2.71 bits per heavy atom. The standard InChI is InChI=1S/C11H14BrNO/c1-8(13)6-7-11(14)9-4-2-3-5-10(9)12/h2-5,11,13-14H,6-7H2,1H3/t11-/m0/s1/i12-4. The van der Waals surface area contributed by atoms with Crippen molar-refractivity contribution in [2.45, 2.75) is 25.9 Å². The Morgan fingerprint density at radius 2 is 2.14 bits per heavy atom. The number of aliphatic hydroxyl groups is 1. The van der Waals surface area contributed by atoms with Gasteiger partial charge in [0.25, 0.3) is 0 Å². The van der Waals surface area contributed by atoms with E-state index >= 15 is 0 Å². The maximum atomic E-state index is 9.82. The van der Waals surface area contributed by atoms with E-state index in [0.717, 1.165) is 10.0 Å². The molecular weight excluding hydrogens is 238 g/mol. The lowest BCUT2D eigenvalue weighted by molar-refractivity contribution is 0.169. The fourth-order valence-electron chi connectivity index (χ4n) is 1.25. The molecule has 0 aromatic heterocycles. The van der Waals surface area contributed by atoms with Crippen molar-refractivity contribution < 1.29 is 5.11 Å². The van der Waals surface area contributed by atoms with E-state index in [0.29, 0.717) is 18.6 Å². The van der Waals surface area contributed by atoms with Gasteiger partial charge in [0.05, 0.1) is 6.10 Å². The van der Waals surface area contributed by atoms with Gasteiger partial charge in [0.1, 0.15) is 0 Å². The van der Waals surface area contributed by atoms with Crippen LogP contribution in [0.5, 0.6) is 0 Å². The van der Waals surface area contributed by atoms with Crippen molar-refractivity contribution in [2.24, 2.45) is 0 Å². The molecule has 3 heteroatoms. The van der Waals surface area contributed by atoms with E-state index in [1.807, 2.05) is 24.3 Å². The number of aliphatic hydroxyl groups excluding tert-OH is 1. The van der Waals surface area contributed by atoms with Gasteiger partial charge in [0, 0.05) is 10.2 Å². The molecule has 2 N–H and O–H groups in total. The van der Waals surface area contributed by atoms with Gasteiger partial charge in [0.2, 0.25) is 0 Å². The summed E-state index contributed by atoms with van der Waals surface area (Å²) in [5, 5.41) is 17.1. The SMILES string of the molecule is CC(=N)CC[C@H](O)c1ccccc1[76Br]. The average molecular weight is 252 g/mol. The van der Waals surface area contributed by atoms with Gasteiger partial charge >= 0.3 is 0 Å². The highest BCUT2D eigenvalue weighted by Crippen LogP contribution is 2.25. The topological polar surface area (TPSA) is 44.1 Å². The predicted octanol–water partition coefficient (Wildman–Crippen LogP) is 3.30. The Morgan fingerprint density at radius 1 is 1.50 bits per heavy atom. The van der Waals surface area contributed by atoms with E-state index in [-0.39, 0.29) is 0 Å².